The van der Waals surface area contributed by atoms with Gasteiger partial charge in [0.15, 0.2) is 6.61 Å². The molecule has 6 heteroatoms. The van der Waals surface area contributed by atoms with Crippen LogP contribution in [0.1, 0.15) is 25.7 Å². The minimum atomic E-state index is -0.162. The lowest BCUT2D eigenvalue weighted by Crippen LogP contribution is -2.40. The highest BCUT2D eigenvalue weighted by Gasteiger charge is 2.33. The first-order valence-corrected chi connectivity index (χ1v) is 8.59. The number of nitrogens with one attached hydrogen (secondary N) is 1. The van der Waals surface area contributed by atoms with Gasteiger partial charge in [0.2, 0.25) is 0 Å². The van der Waals surface area contributed by atoms with Gasteiger partial charge in [0.1, 0.15) is 5.75 Å². The Morgan fingerprint density at radius 2 is 2.05 bits per heavy atom. The summed E-state index contributed by atoms with van der Waals surface area (Å²) in [6.07, 6.45) is 4.20. The minimum Gasteiger partial charge on any atom is -0.483 e. The molecule has 1 amide bonds. The van der Waals surface area contributed by atoms with Gasteiger partial charge in [-0.15, -0.1) is 0 Å². The molecule has 2 rings (SSSR count). The zero-order chi connectivity index (χ0) is 15.3. The van der Waals surface area contributed by atoms with Gasteiger partial charge in [-0.1, -0.05) is 28.8 Å². The Balaban J connectivity index is 1.79. The molecule has 0 spiro atoms. The van der Waals surface area contributed by atoms with Crippen molar-refractivity contribution in [2.75, 3.05) is 19.8 Å². The molecule has 4 nitrogen and oxygen atoms in total. The Bertz CT molecular complexity index is 502. The van der Waals surface area contributed by atoms with Crippen LogP contribution in [0.5, 0.6) is 5.75 Å². The summed E-state index contributed by atoms with van der Waals surface area (Å²) >= 11 is 6.75. The van der Waals surface area contributed by atoms with Crippen LogP contribution in [0.3, 0.4) is 0 Å². The number of halogens is 2. The third-order valence-corrected chi connectivity index (χ3v) is 5.03. The van der Waals surface area contributed by atoms with Crippen LogP contribution < -0.4 is 10.1 Å². The van der Waals surface area contributed by atoms with Gasteiger partial charge in [-0.2, -0.15) is 0 Å². The van der Waals surface area contributed by atoms with Gasteiger partial charge >= 0.3 is 0 Å². The summed E-state index contributed by atoms with van der Waals surface area (Å²) < 4.78 is 7.23. The molecule has 2 N–H and O–H groups in total. The summed E-state index contributed by atoms with van der Waals surface area (Å²) in [5, 5.41) is 12.4. The predicted octanol–water partition coefficient (Wildman–Crippen LogP) is 3.26. The topological polar surface area (TPSA) is 58.6 Å². The van der Waals surface area contributed by atoms with E-state index in [-0.39, 0.29) is 24.5 Å². The molecule has 1 aromatic rings. The molecule has 0 saturated heterocycles. The van der Waals surface area contributed by atoms with Crippen LogP contribution in [0.4, 0.5) is 0 Å². The first kappa shape index (κ1) is 16.8. The summed E-state index contributed by atoms with van der Waals surface area (Å²) in [6.45, 7) is 0.626. The Labute approximate surface area is 141 Å². The molecule has 1 saturated carbocycles. The molecule has 1 aliphatic carbocycles. The van der Waals surface area contributed by atoms with Gasteiger partial charge in [0.05, 0.1) is 11.1 Å². The standard InChI is InChI=1S/C15H19Br2NO3/c16-11-3-4-13(12(17)7-11)21-8-14(20)18-9-15(10-19)5-1-2-6-15/h3-4,7,19H,1-2,5-6,8-10H2,(H,18,20). The van der Waals surface area contributed by atoms with Crippen molar-refractivity contribution in [3.8, 4) is 5.75 Å². The normalized spacial score (nSPS) is 16.7. The van der Waals surface area contributed by atoms with Crippen molar-refractivity contribution in [1.29, 1.82) is 0 Å². The second-order valence-corrected chi connectivity index (χ2v) is 7.28. The number of carbonyl (C=O) groups excluding carboxylic acids is 1. The first-order chi connectivity index (χ1) is 10.0. The van der Waals surface area contributed by atoms with Crippen molar-refractivity contribution in [2.24, 2.45) is 5.41 Å². The van der Waals surface area contributed by atoms with E-state index in [1.807, 2.05) is 12.1 Å². The molecule has 0 aromatic heterocycles. The second-order valence-electron chi connectivity index (χ2n) is 5.51. The molecule has 21 heavy (non-hydrogen) atoms. The monoisotopic (exact) mass is 419 g/mol. The van der Waals surface area contributed by atoms with E-state index in [4.69, 9.17) is 4.74 Å². The van der Waals surface area contributed by atoms with Gasteiger partial charge in [0, 0.05) is 16.4 Å². The smallest absolute Gasteiger partial charge is 0.257 e. The lowest BCUT2D eigenvalue weighted by molar-refractivity contribution is -0.123. The van der Waals surface area contributed by atoms with Crippen molar-refractivity contribution in [3.05, 3.63) is 27.1 Å². The van der Waals surface area contributed by atoms with Crippen LogP contribution in [-0.4, -0.2) is 30.8 Å². The van der Waals surface area contributed by atoms with Crippen LogP contribution >= 0.6 is 31.9 Å². The van der Waals surface area contributed by atoms with E-state index in [2.05, 4.69) is 37.2 Å². The fraction of sp³-hybridized carbons (Fsp3) is 0.533. The van der Waals surface area contributed by atoms with E-state index in [0.717, 1.165) is 34.6 Å². The summed E-state index contributed by atoms with van der Waals surface area (Å²) in [7, 11) is 0. The summed E-state index contributed by atoms with van der Waals surface area (Å²) in [6, 6.07) is 5.53. The minimum absolute atomic E-state index is 0.0261. The molecule has 0 heterocycles. The Morgan fingerprint density at radius 1 is 1.33 bits per heavy atom. The van der Waals surface area contributed by atoms with E-state index >= 15 is 0 Å². The maximum Gasteiger partial charge on any atom is 0.257 e. The molecule has 1 fully saturated rings. The van der Waals surface area contributed by atoms with Crippen molar-refractivity contribution in [1.82, 2.24) is 5.32 Å². The quantitative estimate of drug-likeness (QED) is 0.742. The molecule has 0 unspecified atom stereocenters. The number of benzene rings is 1. The molecule has 0 aliphatic heterocycles. The molecule has 1 aliphatic rings. The number of carbonyl (C=O) groups is 1. The Kier molecular flexibility index (Phi) is 6.08. The first-order valence-electron chi connectivity index (χ1n) is 7.00. The predicted molar refractivity (Wildman–Crippen MR) is 88.3 cm³/mol. The van der Waals surface area contributed by atoms with Gasteiger partial charge in [0.25, 0.3) is 5.91 Å². The number of rotatable bonds is 6. The lowest BCUT2D eigenvalue weighted by atomic mass is 9.87. The van der Waals surface area contributed by atoms with Crippen molar-refractivity contribution in [3.63, 3.8) is 0 Å². The van der Waals surface area contributed by atoms with E-state index in [1.54, 1.807) is 6.07 Å². The van der Waals surface area contributed by atoms with E-state index in [0.29, 0.717) is 12.3 Å². The van der Waals surface area contributed by atoms with Crippen LogP contribution in [0.25, 0.3) is 0 Å². The van der Waals surface area contributed by atoms with Gasteiger partial charge in [-0.25, -0.2) is 0 Å². The van der Waals surface area contributed by atoms with E-state index < -0.39 is 0 Å². The maximum absolute atomic E-state index is 11.9. The summed E-state index contributed by atoms with van der Waals surface area (Å²) in [4.78, 5) is 11.9. The number of aliphatic hydroxyl groups excluding tert-OH is 1. The third-order valence-electron chi connectivity index (χ3n) is 3.91. The van der Waals surface area contributed by atoms with Crippen LogP contribution in [-0.2, 0) is 4.79 Å². The van der Waals surface area contributed by atoms with Crippen molar-refractivity contribution < 1.29 is 14.6 Å². The van der Waals surface area contributed by atoms with E-state index in [1.165, 1.54) is 0 Å². The Morgan fingerprint density at radius 3 is 2.67 bits per heavy atom. The number of hydrogen-bond acceptors (Lipinski definition) is 3. The highest BCUT2D eigenvalue weighted by Crippen LogP contribution is 2.36. The van der Waals surface area contributed by atoms with Crippen molar-refractivity contribution in [2.45, 2.75) is 25.7 Å². The largest absolute Gasteiger partial charge is 0.483 e. The molecular formula is C15H19Br2NO3. The number of amides is 1. The molecule has 116 valence electrons. The van der Waals surface area contributed by atoms with Crippen LogP contribution in [0.15, 0.2) is 27.1 Å². The summed E-state index contributed by atoms with van der Waals surface area (Å²) in [5.74, 6) is 0.468. The number of hydrogen-bond donors (Lipinski definition) is 2. The van der Waals surface area contributed by atoms with Gasteiger partial charge in [-0.3, -0.25) is 4.79 Å². The highest BCUT2D eigenvalue weighted by molar-refractivity contribution is 9.11. The fourth-order valence-corrected chi connectivity index (χ4v) is 3.75. The number of ether oxygens (including phenoxy) is 1. The van der Waals surface area contributed by atoms with Crippen molar-refractivity contribution >= 4 is 37.8 Å². The van der Waals surface area contributed by atoms with Gasteiger partial charge < -0.3 is 15.2 Å². The molecule has 1 aromatic carbocycles. The average Bonchev–Trinajstić information content (AvgIpc) is 2.94. The van der Waals surface area contributed by atoms with Crippen LogP contribution in [0.2, 0.25) is 0 Å². The third kappa shape index (κ3) is 4.69. The summed E-state index contributed by atoms with van der Waals surface area (Å²) in [5.41, 5.74) is -0.131. The Hall–Kier alpha value is -0.590. The molecule has 0 bridgehead atoms. The molecule has 0 atom stereocenters. The zero-order valence-electron chi connectivity index (χ0n) is 11.7. The number of aliphatic hydroxyl groups is 1. The van der Waals surface area contributed by atoms with Crippen LogP contribution in [0, 0.1) is 5.41 Å². The maximum atomic E-state index is 11.9. The zero-order valence-corrected chi connectivity index (χ0v) is 14.9. The van der Waals surface area contributed by atoms with Gasteiger partial charge in [-0.05, 0) is 47.0 Å². The second kappa shape index (κ2) is 7.61. The SMILES string of the molecule is O=C(COc1ccc(Br)cc1Br)NCC1(CO)CCCC1. The fourth-order valence-electron chi connectivity index (χ4n) is 2.59. The highest BCUT2D eigenvalue weighted by atomic mass is 79.9. The lowest BCUT2D eigenvalue weighted by Gasteiger charge is -2.26. The average molecular weight is 421 g/mol. The molecule has 0 radical (unpaired) electrons. The molecular weight excluding hydrogens is 402 g/mol. The van der Waals surface area contributed by atoms with E-state index in [9.17, 15) is 9.90 Å².